The summed E-state index contributed by atoms with van der Waals surface area (Å²) in [6.45, 7) is 3.40. The second kappa shape index (κ2) is 4.97. The molecule has 0 unspecified atom stereocenters. The monoisotopic (exact) mass is 283 g/mol. The number of benzene rings is 1. The van der Waals surface area contributed by atoms with Crippen LogP contribution in [0.3, 0.4) is 0 Å². The molecule has 0 spiro atoms. The zero-order valence-corrected chi connectivity index (χ0v) is 10.8. The summed E-state index contributed by atoms with van der Waals surface area (Å²) in [6, 6.07) is 6.06. The molecule has 1 aliphatic rings. The van der Waals surface area contributed by atoms with E-state index in [-0.39, 0.29) is 12.5 Å². The molecule has 0 saturated heterocycles. The van der Waals surface area contributed by atoms with Gasteiger partial charge in [-0.3, -0.25) is 4.79 Å². The molecule has 0 radical (unpaired) electrons. The molecule has 0 bridgehead atoms. The number of hydrogen-bond donors (Lipinski definition) is 0. The third-order valence-corrected chi connectivity index (χ3v) is 3.17. The molecule has 4 heteroatoms. The lowest BCUT2D eigenvalue weighted by Crippen LogP contribution is -2.32. The van der Waals surface area contributed by atoms with Gasteiger partial charge in [0.25, 0.3) is 5.91 Å². The van der Waals surface area contributed by atoms with Crippen molar-refractivity contribution >= 4 is 27.5 Å². The molecule has 86 valence electrons. The Hall–Kier alpha value is -0.870. The van der Waals surface area contributed by atoms with Crippen molar-refractivity contribution < 1.29 is 9.53 Å². The minimum absolute atomic E-state index is 0.0405. The Kier molecular flexibility index (Phi) is 3.61. The molecule has 0 saturated carbocycles. The van der Waals surface area contributed by atoms with Crippen LogP contribution in [0.15, 0.2) is 22.7 Å². The SMILES string of the molecule is CCOCC(=O)N1CCc2ccc(Br)cc21. The second-order valence-corrected chi connectivity index (χ2v) is 4.62. The van der Waals surface area contributed by atoms with Crippen molar-refractivity contribution in [1.29, 1.82) is 0 Å². The number of amides is 1. The average Bonchev–Trinajstić information content (AvgIpc) is 2.68. The summed E-state index contributed by atoms with van der Waals surface area (Å²) in [4.78, 5) is 13.7. The molecule has 0 aromatic heterocycles. The van der Waals surface area contributed by atoms with Gasteiger partial charge >= 0.3 is 0 Å². The molecular weight excluding hydrogens is 270 g/mol. The lowest BCUT2D eigenvalue weighted by atomic mass is 10.2. The first-order chi connectivity index (χ1) is 7.72. The largest absolute Gasteiger partial charge is 0.372 e. The van der Waals surface area contributed by atoms with Crippen molar-refractivity contribution in [3.63, 3.8) is 0 Å². The fourth-order valence-corrected chi connectivity index (χ4v) is 2.23. The van der Waals surface area contributed by atoms with E-state index in [9.17, 15) is 4.79 Å². The number of hydrogen-bond acceptors (Lipinski definition) is 2. The van der Waals surface area contributed by atoms with Crippen molar-refractivity contribution in [2.75, 3.05) is 24.7 Å². The van der Waals surface area contributed by atoms with Gasteiger partial charge in [-0.1, -0.05) is 22.0 Å². The van der Waals surface area contributed by atoms with E-state index < -0.39 is 0 Å². The van der Waals surface area contributed by atoms with Gasteiger partial charge in [-0.2, -0.15) is 0 Å². The van der Waals surface area contributed by atoms with Gasteiger partial charge in [0.05, 0.1) is 0 Å². The van der Waals surface area contributed by atoms with Crippen LogP contribution in [0.1, 0.15) is 12.5 Å². The minimum atomic E-state index is 0.0405. The molecule has 1 heterocycles. The number of fused-ring (bicyclic) bond motifs is 1. The Morgan fingerprint density at radius 1 is 1.56 bits per heavy atom. The maximum absolute atomic E-state index is 11.9. The van der Waals surface area contributed by atoms with Crippen LogP contribution in [0.25, 0.3) is 0 Å². The van der Waals surface area contributed by atoms with Crippen LogP contribution in [0, 0.1) is 0 Å². The number of anilines is 1. The maximum Gasteiger partial charge on any atom is 0.252 e. The van der Waals surface area contributed by atoms with Crippen molar-refractivity contribution in [2.24, 2.45) is 0 Å². The molecule has 0 N–H and O–H groups in total. The normalized spacial score (nSPS) is 14.0. The molecule has 1 aromatic carbocycles. The van der Waals surface area contributed by atoms with E-state index >= 15 is 0 Å². The fourth-order valence-electron chi connectivity index (χ4n) is 1.88. The van der Waals surface area contributed by atoms with Crippen molar-refractivity contribution in [1.82, 2.24) is 0 Å². The molecule has 0 atom stereocenters. The number of rotatable bonds is 3. The molecule has 2 rings (SSSR count). The van der Waals surface area contributed by atoms with Crippen molar-refractivity contribution in [2.45, 2.75) is 13.3 Å². The van der Waals surface area contributed by atoms with E-state index in [4.69, 9.17) is 4.74 Å². The number of nitrogens with zero attached hydrogens (tertiary/aromatic N) is 1. The summed E-state index contributed by atoms with van der Waals surface area (Å²) in [7, 11) is 0. The zero-order valence-electron chi connectivity index (χ0n) is 9.20. The summed E-state index contributed by atoms with van der Waals surface area (Å²) in [5.74, 6) is 0.0405. The first-order valence-corrected chi connectivity index (χ1v) is 6.18. The van der Waals surface area contributed by atoms with E-state index in [1.807, 2.05) is 19.1 Å². The first-order valence-electron chi connectivity index (χ1n) is 5.39. The topological polar surface area (TPSA) is 29.5 Å². The Morgan fingerprint density at radius 3 is 3.12 bits per heavy atom. The van der Waals surface area contributed by atoms with E-state index in [0.29, 0.717) is 6.61 Å². The summed E-state index contributed by atoms with van der Waals surface area (Å²) in [6.07, 6.45) is 0.931. The standard InChI is InChI=1S/C12H14BrNO2/c1-2-16-8-12(15)14-6-5-9-3-4-10(13)7-11(9)14/h3-4,7H,2,5-6,8H2,1H3. The first kappa shape index (κ1) is 11.6. The summed E-state index contributed by atoms with van der Waals surface area (Å²) < 4.78 is 6.15. The molecule has 3 nitrogen and oxygen atoms in total. The van der Waals surface area contributed by atoms with Crippen LogP contribution in [-0.2, 0) is 16.0 Å². The second-order valence-electron chi connectivity index (χ2n) is 3.71. The highest BCUT2D eigenvalue weighted by atomic mass is 79.9. The predicted molar refractivity (Wildman–Crippen MR) is 66.7 cm³/mol. The van der Waals surface area contributed by atoms with Gasteiger partial charge in [-0.05, 0) is 31.0 Å². The number of ether oxygens (including phenoxy) is 1. The number of carbonyl (C=O) groups excluding carboxylic acids is 1. The lowest BCUT2D eigenvalue weighted by Gasteiger charge is -2.17. The Bertz CT molecular complexity index is 406. The summed E-state index contributed by atoms with van der Waals surface area (Å²) in [5.41, 5.74) is 2.24. The van der Waals surface area contributed by atoms with Crippen LogP contribution < -0.4 is 4.90 Å². The summed E-state index contributed by atoms with van der Waals surface area (Å²) in [5, 5.41) is 0. The molecule has 1 aromatic rings. The van der Waals surface area contributed by atoms with Crippen LogP contribution in [0.5, 0.6) is 0 Å². The fraction of sp³-hybridized carbons (Fsp3) is 0.417. The highest BCUT2D eigenvalue weighted by molar-refractivity contribution is 9.10. The van der Waals surface area contributed by atoms with E-state index in [0.717, 1.165) is 23.1 Å². The van der Waals surface area contributed by atoms with E-state index in [1.54, 1.807) is 4.90 Å². The Balaban J connectivity index is 2.16. The molecular formula is C12H14BrNO2. The third kappa shape index (κ3) is 2.28. The quantitative estimate of drug-likeness (QED) is 0.853. The lowest BCUT2D eigenvalue weighted by molar-refractivity contribution is -0.122. The third-order valence-electron chi connectivity index (χ3n) is 2.67. The average molecular weight is 284 g/mol. The van der Waals surface area contributed by atoms with Crippen LogP contribution in [-0.4, -0.2) is 25.7 Å². The van der Waals surface area contributed by atoms with Crippen molar-refractivity contribution in [3.8, 4) is 0 Å². The predicted octanol–water partition coefficient (Wildman–Crippen LogP) is 2.37. The number of carbonyl (C=O) groups is 1. The highest BCUT2D eigenvalue weighted by Gasteiger charge is 2.24. The van der Waals surface area contributed by atoms with Gasteiger partial charge < -0.3 is 9.64 Å². The highest BCUT2D eigenvalue weighted by Crippen LogP contribution is 2.30. The smallest absolute Gasteiger partial charge is 0.252 e. The number of halogens is 1. The minimum Gasteiger partial charge on any atom is -0.372 e. The molecule has 0 aliphatic carbocycles. The molecule has 1 amide bonds. The van der Waals surface area contributed by atoms with Gasteiger partial charge in [-0.15, -0.1) is 0 Å². The molecule has 0 fully saturated rings. The van der Waals surface area contributed by atoms with Gasteiger partial charge in [0, 0.05) is 23.3 Å². The van der Waals surface area contributed by atoms with Gasteiger partial charge in [0.1, 0.15) is 6.61 Å². The van der Waals surface area contributed by atoms with Crippen LogP contribution >= 0.6 is 15.9 Å². The van der Waals surface area contributed by atoms with Crippen molar-refractivity contribution in [3.05, 3.63) is 28.2 Å². The summed E-state index contributed by atoms with van der Waals surface area (Å²) >= 11 is 3.42. The van der Waals surface area contributed by atoms with Gasteiger partial charge in [0.2, 0.25) is 0 Å². The van der Waals surface area contributed by atoms with Gasteiger partial charge in [0.15, 0.2) is 0 Å². The maximum atomic E-state index is 11.9. The Labute approximate surface area is 104 Å². The van der Waals surface area contributed by atoms with Crippen LogP contribution in [0.4, 0.5) is 5.69 Å². The van der Waals surface area contributed by atoms with E-state index in [1.165, 1.54) is 5.56 Å². The Morgan fingerprint density at radius 2 is 2.38 bits per heavy atom. The molecule has 1 aliphatic heterocycles. The molecule has 16 heavy (non-hydrogen) atoms. The van der Waals surface area contributed by atoms with Gasteiger partial charge in [-0.25, -0.2) is 0 Å². The van der Waals surface area contributed by atoms with Crippen LogP contribution in [0.2, 0.25) is 0 Å². The zero-order chi connectivity index (χ0) is 11.5. The van der Waals surface area contributed by atoms with E-state index in [2.05, 4.69) is 22.0 Å².